The first-order chi connectivity index (χ1) is 12.7. The Morgan fingerprint density at radius 1 is 1.04 bits per heavy atom. The van der Waals surface area contributed by atoms with Crippen LogP contribution in [0.4, 0.5) is 0 Å². The Morgan fingerprint density at radius 3 is 2.69 bits per heavy atom. The van der Waals surface area contributed by atoms with E-state index in [0.29, 0.717) is 37.5 Å². The minimum atomic E-state index is -0.0160. The number of furan rings is 1. The SMILES string of the molecule is O=C(CC1CCc2ccccc21)N1CCCN(C(=O)c2ccoc2)CC1. The van der Waals surface area contributed by atoms with Gasteiger partial charge in [0.1, 0.15) is 6.26 Å². The van der Waals surface area contributed by atoms with Crippen LogP contribution in [0.25, 0.3) is 0 Å². The van der Waals surface area contributed by atoms with Gasteiger partial charge in [0.2, 0.25) is 5.91 Å². The second kappa shape index (κ2) is 7.36. The van der Waals surface area contributed by atoms with E-state index in [1.165, 1.54) is 23.7 Å². The molecule has 0 saturated carbocycles. The minimum absolute atomic E-state index is 0.0160. The Bertz CT molecular complexity index is 784. The van der Waals surface area contributed by atoms with Gasteiger partial charge in [-0.15, -0.1) is 0 Å². The number of rotatable bonds is 3. The van der Waals surface area contributed by atoms with Crippen molar-refractivity contribution >= 4 is 11.8 Å². The van der Waals surface area contributed by atoms with Gasteiger partial charge in [-0.2, -0.15) is 0 Å². The Kier molecular flexibility index (Phi) is 4.78. The molecule has 1 fully saturated rings. The summed E-state index contributed by atoms with van der Waals surface area (Å²) < 4.78 is 5.01. The Labute approximate surface area is 153 Å². The van der Waals surface area contributed by atoms with E-state index in [1.807, 2.05) is 9.80 Å². The lowest BCUT2D eigenvalue weighted by atomic mass is 9.97. The zero-order valence-corrected chi connectivity index (χ0v) is 14.9. The molecule has 1 atom stereocenters. The molecule has 1 aromatic carbocycles. The van der Waals surface area contributed by atoms with Crippen LogP contribution in [0.3, 0.4) is 0 Å². The first-order valence-corrected chi connectivity index (χ1v) is 9.39. The molecule has 1 aromatic heterocycles. The number of benzene rings is 1. The molecule has 1 unspecified atom stereocenters. The molecule has 2 heterocycles. The molecule has 2 aliphatic rings. The van der Waals surface area contributed by atoms with E-state index in [0.717, 1.165) is 25.8 Å². The summed E-state index contributed by atoms with van der Waals surface area (Å²) in [6.45, 7) is 2.59. The smallest absolute Gasteiger partial charge is 0.257 e. The molecule has 0 radical (unpaired) electrons. The topological polar surface area (TPSA) is 53.8 Å². The van der Waals surface area contributed by atoms with E-state index < -0.39 is 0 Å². The van der Waals surface area contributed by atoms with Crippen molar-refractivity contribution in [3.63, 3.8) is 0 Å². The molecule has 5 nitrogen and oxygen atoms in total. The van der Waals surface area contributed by atoms with Crippen LogP contribution in [0.5, 0.6) is 0 Å². The molecule has 1 aliphatic carbocycles. The zero-order valence-electron chi connectivity index (χ0n) is 14.9. The highest BCUT2D eigenvalue weighted by Crippen LogP contribution is 2.35. The molecule has 1 aliphatic heterocycles. The maximum Gasteiger partial charge on any atom is 0.257 e. The number of carbonyl (C=O) groups excluding carboxylic acids is 2. The first-order valence-electron chi connectivity index (χ1n) is 9.39. The van der Waals surface area contributed by atoms with Gasteiger partial charge in [-0.1, -0.05) is 24.3 Å². The van der Waals surface area contributed by atoms with Crippen molar-refractivity contribution in [2.24, 2.45) is 0 Å². The summed E-state index contributed by atoms with van der Waals surface area (Å²) in [5, 5.41) is 0. The summed E-state index contributed by atoms with van der Waals surface area (Å²) in [5.74, 6) is 0.535. The number of amides is 2. The van der Waals surface area contributed by atoms with Crippen molar-refractivity contribution in [3.8, 4) is 0 Å². The fourth-order valence-corrected chi connectivity index (χ4v) is 4.14. The van der Waals surface area contributed by atoms with Crippen LogP contribution in [0, 0.1) is 0 Å². The number of nitrogens with zero attached hydrogens (tertiary/aromatic N) is 2. The molecule has 4 rings (SSSR count). The number of carbonyl (C=O) groups is 2. The van der Waals surface area contributed by atoms with E-state index in [9.17, 15) is 9.59 Å². The number of hydrogen-bond donors (Lipinski definition) is 0. The van der Waals surface area contributed by atoms with Gasteiger partial charge in [0.05, 0.1) is 11.8 Å². The fourth-order valence-electron chi connectivity index (χ4n) is 4.14. The summed E-state index contributed by atoms with van der Waals surface area (Å²) in [6, 6.07) is 10.2. The van der Waals surface area contributed by atoms with Crippen LogP contribution in [0.1, 0.15) is 46.7 Å². The monoisotopic (exact) mass is 352 g/mol. The third-order valence-corrected chi connectivity index (χ3v) is 5.58. The average Bonchev–Trinajstić information content (AvgIpc) is 3.26. The van der Waals surface area contributed by atoms with E-state index in [4.69, 9.17) is 4.42 Å². The maximum absolute atomic E-state index is 12.8. The third kappa shape index (κ3) is 3.39. The van der Waals surface area contributed by atoms with Crippen LogP contribution in [-0.2, 0) is 11.2 Å². The standard InChI is InChI=1S/C21H24N2O3/c24-20(14-17-7-6-16-4-1-2-5-19(16)17)22-9-3-10-23(12-11-22)21(25)18-8-13-26-15-18/h1-2,4-5,8,13,15,17H,3,6-7,9-12,14H2. The van der Waals surface area contributed by atoms with Crippen molar-refractivity contribution in [2.75, 3.05) is 26.2 Å². The lowest BCUT2D eigenvalue weighted by Crippen LogP contribution is -2.37. The fraction of sp³-hybridized carbons (Fsp3) is 0.429. The van der Waals surface area contributed by atoms with Gasteiger partial charge in [-0.05, 0) is 42.4 Å². The molecule has 2 aromatic rings. The van der Waals surface area contributed by atoms with Gasteiger partial charge in [-0.25, -0.2) is 0 Å². The van der Waals surface area contributed by atoms with Crippen molar-refractivity contribution < 1.29 is 14.0 Å². The molecule has 5 heteroatoms. The Hall–Kier alpha value is -2.56. The quantitative estimate of drug-likeness (QED) is 0.853. The molecule has 136 valence electrons. The normalized spacial score (nSPS) is 19.9. The molecular formula is C21H24N2O3. The van der Waals surface area contributed by atoms with Crippen molar-refractivity contribution in [3.05, 3.63) is 59.5 Å². The van der Waals surface area contributed by atoms with E-state index in [1.54, 1.807) is 6.07 Å². The largest absolute Gasteiger partial charge is 0.472 e. The average molecular weight is 352 g/mol. The van der Waals surface area contributed by atoms with Crippen molar-refractivity contribution in [2.45, 2.75) is 31.6 Å². The van der Waals surface area contributed by atoms with E-state index in [2.05, 4.69) is 24.3 Å². The van der Waals surface area contributed by atoms with Crippen LogP contribution in [-0.4, -0.2) is 47.8 Å². The molecular weight excluding hydrogens is 328 g/mol. The molecule has 0 bridgehead atoms. The summed E-state index contributed by atoms with van der Waals surface area (Å²) in [7, 11) is 0. The number of hydrogen-bond acceptors (Lipinski definition) is 3. The van der Waals surface area contributed by atoms with Crippen LogP contribution < -0.4 is 0 Å². The minimum Gasteiger partial charge on any atom is -0.472 e. The summed E-state index contributed by atoms with van der Waals surface area (Å²) in [4.78, 5) is 29.1. The second-order valence-corrected chi connectivity index (χ2v) is 7.18. The summed E-state index contributed by atoms with van der Waals surface area (Å²) in [6.07, 6.45) is 6.52. The van der Waals surface area contributed by atoms with Crippen LogP contribution >= 0.6 is 0 Å². The first kappa shape index (κ1) is 16.9. The lowest BCUT2D eigenvalue weighted by molar-refractivity contribution is -0.131. The van der Waals surface area contributed by atoms with Crippen LogP contribution in [0.15, 0.2) is 47.3 Å². The lowest BCUT2D eigenvalue weighted by Gasteiger charge is -2.23. The summed E-state index contributed by atoms with van der Waals surface area (Å²) in [5.41, 5.74) is 3.30. The van der Waals surface area contributed by atoms with Gasteiger partial charge in [0.25, 0.3) is 5.91 Å². The molecule has 1 saturated heterocycles. The van der Waals surface area contributed by atoms with E-state index >= 15 is 0 Å². The maximum atomic E-state index is 12.8. The van der Waals surface area contributed by atoms with Crippen molar-refractivity contribution in [1.29, 1.82) is 0 Å². The van der Waals surface area contributed by atoms with Gasteiger partial charge in [-0.3, -0.25) is 9.59 Å². The van der Waals surface area contributed by atoms with Gasteiger partial charge >= 0.3 is 0 Å². The summed E-state index contributed by atoms with van der Waals surface area (Å²) >= 11 is 0. The predicted molar refractivity (Wildman–Crippen MR) is 97.9 cm³/mol. The molecule has 26 heavy (non-hydrogen) atoms. The molecule has 0 spiro atoms. The van der Waals surface area contributed by atoms with Crippen LogP contribution in [0.2, 0.25) is 0 Å². The Balaban J connectivity index is 1.36. The van der Waals surface area contributed by atoms with Gasteiger partial charge in [0.15, 0.2) is 0 Å². The predicted octanol–water partition coefficient (Wildman–Crippen LogP) is 3.07. The highest BCUT2D eigenvalue weighted by Gasteiger charge is 2.28. The second-order valence-electron chi connectivity index (χ2n) is 7.18. The third-order valence-electron chi connectivity index (χ3n) is 5.58. The van der Waals surface area contributed by atoms with Crippen molar-refractivity contribution in [1.82, 2.24) is 9.80 Å². The highest BCUT2D eigenvalue weighted by atomic mass is 16.3. The molecule has 2 amide bonds. The van der Waals surface area contributed by atoms with Gasteiger partial charge in [0, 0.05) is 32.6 Å². The highest BCUT2D eigenvalue weighted by molar-refractivity contribution is 5.93. The number of aryl methyl sites for hydroxylation is 1. The number of fused-ring (bicyclic) bond motifs is 1. The molecule has 0 N–H and O–H groups in total. The Morgan fingerprint density at radius 2 is 1.85 bits per heavy atom. The van der Waals surface area contributed by atoms with Gasteiger partial charge < -0.3 is 14.2 Å². The van der Waals surface area contributed by atoms with E-state index in [-0.39, 0.29) is 11.8 Å². The zero-order chi connectivity index (χ0) is 17.9.